The number of rotatable bonds is 4. The fraction of sp³-hybridized carbons (Fsp3) is 0.333. The van der Waals surface area contributed by atoms with Crippen molar-refractivity contribution in [3.05, 3.63) is 25.2 Å². The number of hydrogen-bond acceptors (Lipinski definition) is 1. The van der Waals surface area contributed by atoms with E-state index in [4.69, 9.17) is 0 Å². The van der Waals surface area contributed by atoms with Crippen LogP contribution in [-0.4, -0.2) is 6.61 Å². The molecule has 0 atom stereocenters. The lowest BCUT2D eigenvalue weighted by atomic mass is 10.5. The van der Waals surface area contributed by atoms with Gasteiger partial charge in [0.15, 0.2) is 0 Å². The molecule has 0 aromatic rings. The molecule has 0 aliphatic rings. The molecule has 0 aromatic carbocycles. The third-order valence-electron chi connectivity index (χ3n) is 0.581. The van der Waals surface area contributed by atoms with Gasteiger partial charge in [0.1, 0.15) is 0 Å². The van der Waals surface area contributed by atoms with Crippen LogP contribution in [-0.2, 0) is 4.74 Å². The summed E-state index contributed by atoms with van der Waals surface area (Å²) in [7, 11) is 0. The maximum atomic E-state index is 11.6. The molecule has 0 spiro atoms. The maximum Gasteiger partial charge on any atom is 0.265 e. The molecule has 0 amide bonds. The van der Waals surface area contributed by atoms with E-state index in [1.807, 2.05) is 0 Å². The SMILES string of the molecule is C=CCCOC(=C)F. The van der Waals surface area contributed by atoms with Crippen molar-refractivity contribution in [2.24, 2.45) is 0 Å². The molecule has 0 fully saturated rings. The van der Waals surface area contributed by atoms with Gasteiger partial charge >= 0.3 is 0 Å². The Bertz CT molecular complexity index is 88.5. The molecule has 0 unspecified atom stereocenters. The Morgan fingerprint density at radius 2 is 2.38 bits per heavy atom. The van der Waals surface area contributed by atoms with Crippen molar-refractivity contribution in [3.8, 4) is 0 Å². The smallest absolute Gasteiger partial charge is 0.265 e. The van der Waals surface area contributed by atoms with E-state index in [-0.39, 0.29) is 0 Å². The molecule has 0 aliphatic carbocycles. The van der Waals surface area contributed by atoms with Crippen molar-refractivity contribution < 1.29 is 9.13 Å². The van der Waals surface area contributed by atoms with Crippen LogP contribution in [0.15, 0.2) is 25.2 Å². The largest absolute Gasteiger partial charge is 0.471 e. The van der Waals surface area contributed by atoms with Gasteiger partial charge in [-0.05, 0) is 13.0 Å². The van der Waals surface area contributed by atoms with Crippen LogP contribution in [0.3, 0.4) is 0 Å². The molecular formula is C6H9FO. The summed E-state index contributed by atoms with van der Waals surface area (Å²) in [5.41, 5.74) is 0. The van der Waals surface area contributed by atoms with E-state index < -0.39 is 6.01 Å². The Kier molecular flexibility index (Phi) is 3.94. The van der Waals surface area contributed by atoms with Gasteiger partial charge in [-0.15, -0.1) is 6.58 Å². The summed E-state index contributed by atoms with van der Waals surface area (Å²) in [4.78, 5) is 0. The highest BCUT2D eigenvalue weighted by Crippen LogP contribution is 1.94. The van der Waals surface area contributed by atoms with E-state index in [0.717, 1.165) is 0 Å². The summed E-state index contributed by atoms with van der Waals surface area (Å²) in [5, 5.41) is 0. The normalized spacial score (nSPS) is 8.12. The molecule has 0 bridgehead atoms. The Morgan fingerprint density at radius 1 is 1.75 bits per heavy atom. The van der Waals surface area contributed by atoms with Gasteiger partial charge in [-0.1, -0.05) is 6.08 Å². The van der Waals surface area contributed by atoms with Crippen molar-refractivity contribution in [2.75, 3.05) is 6.61 Å². The highest BCUT2D eigenvalue weighted by Gasteiger charge is 1.84. The van der Waals surface area contributed by atoms with Crippen LogP contribution < -0.4 is 0 Å². The fourth-order valence-corrected chi connectivity index (χ4v) is 0.253. The van der Waals surface area contributed by atoms with Gasteiger partial charge in [0.2, 0.25) is 0 Å². The average molecular weight is 116 g/mol. The Balaban J connectivity index is 2.93. The first-order valence-corrected chi connectivity index (χ1v) is 2.35. The number of halogens is 1. The van der Waals surface area contributed by atoms with Crippen LogP contribution in [0.5, 0.6) is 0 Å². The summed E-state index contributed by atoms with van der Waals surface area (Å²) in [5.74, 6) is 0. The van der Waals surface area contributed by atoms with Crippen LogP contribution in [0.2, 0.25) is 0 Å². The molecule has 0 aromatic heterocycles. The van der Waals surface area contributed by atoms with E-state index in [9.17, 15) is 4.39 Å². The predicted octanol–water partition coefficient (Wildman–Crippen LogP) is 2.02. The monoisotopic (exact) mass is 116 g/mol. The fourth-order valence-electron chi connectivity index (χ4n) is 0.253. The first kappa shape index (κ1) is 7.21. The third-order valence-corrected chi connectivity index (χ3v) is 0.581. The van der Waals surface area contributed by atoms with Gasteiger partial charge < -0.3 is 4.74 Å². The molecule has 0 rings (SSSR count). The number of hydrogen-bond donors (Lipinski definition) is 0. The quantitative estimate of drug-likeness (QED) is 0.310. The molecule has 46 valence electrons. The second-order valence-corrected chi connectivity index (χ2v) is 1.28. The Labute approximate surface area is 48.5 Å². The van der Waals surface area contributed by atoms with Crippen molar-refractivity contribution in [1.29, 1.82) is 0 Å². The highest BCUT2D eigenvalue weighted by molar-refractivity contribution is 4.68. The van der Waals surface area contributed by atoms with Crippen LogP contribution in [0.4, 0.5) is 4.39 Å². The van der Waals surface area contributed by atoms with E-state index >= 15 is 0 Å². The van der Waals surface area contributed by atoms with Gasteiger partial charge in [0.05, 0.1) is 6.61 Å². The lowest BCUT2D eigenvalue weighted by molar-refractivity contribution is 0.152. The van der Waals surface area contributed by atoms with Crippen LogP contribution >= 0.6 is 0 Å². The van der Waals surface area contributed by atoms with Crippen LogP contribution in [0.1, 0.15) is 6.42 Å². The predicted molar refractivity (Wildman–Crippen MR) is 31.0 cm³/mol. The minimum Gasteiger partial charge on any atom is -0.471 e. The summed E-state index contributed by atoms with van der Waals surface area (Å²) in [6.07, 6.45) is 2.31. The standard InChI is InChI=1S/C6H9FO/c1-3-4-5-8-6(2)7/h3H,1-2,4-5H2. The minimum absolute atomic E-state index is 0.332. The van der Waals surface area contributed by atoms with Gasteiger partial charge in [-0.25, -0.2) is 0 Å². The molecule has 0 saturated heterocycles. The van der Waals surface area contributed by atoms with Crippen molar-refractivity contribution in [3.63, 3.8) is 0 Å². The van der Waals surface area contributed by atoms with E-state index in [1.54, 1.807) is 6.08 Å². The molecule has 1 nitrogen and oxygen atoms in total. The van der Waals surface area contributed by atoms with E-state index in [1.165, 1.54) is 0 Å². The van der Waals surface area contributed by atoms with E-state index in [0.29, 0.717) is 13.0 Å². The zero-order chi connectivity index (χ0) is 6.41. The Hall–Kier alpha value is -0.790. The van der Waals surface area contributed by atoms with E-state index in [2.05, 4.69) is 17.9 Å². The molecule has 8 heavy (non-hydrogen) atoms. The second-order valence-electron chi connectivity index (χ2n) is 1.28. The van der Waals surface area contributed by atoms with Crippen molar-refractivity contribution >= 4 is 0 Å². The third kappa shape index (κ3) is 5.21. The minimum atomic E-state index is -0.730. The summed E-state index contributed by atoms with van der Waals surface area (Å²) < 4.78 is 15.9. The number of ether oxygens (including phenoxy) is 1. The zero-order valence-corrected chi connectivity index (χ0v) is 4.69. The van der Waals surface area contributed by atoms with Gasteiger partial charge in [0.25, 0.3) is 6.01 Å². The molecule has 0 N–H and O–H groups in total. The summed E-state index contributed by atoms with van der Waals surface area (Å²) in [6, 6.07) is -0.730. The topological polar surface area (TPSA) is 9.23 Å². The molecule has 0 saturated carbocycles. The first-order valence-electron chi connectivity index (χ1n) is 2.35. The van der Waals surface area contributed by atoms with Crippen molar-refractivity contribution in [1.82, 2.24) is 0 Å². The highest BCUT2D eigenvalue weighted by atomic mass is 19.1. The summed E-state index contributed by atoms with van der Waals surface area (Å²) >= 11 is 0. The molecule has 0 heterocycles. The van der Waals surface area contributed by atoms with Crippen LogP contribution in [0, 0.1) is 0 Å². The Morgan fingerprint density at radius 3 is 2.75 bits per heavy atom. The maximum absolute atomic E-state index is 11.6. The summed E-state index contributed by atoms with van der Waals surface area (Å²) in [6.45, 7) is 6.66. The average Bonchev–Trinajstić information content (AvgIpc) is 1.66. The molecule has 0 aliphatic heterocycles. The molecular weight excluding hydrogens is 107 g/mol. The lowest BCUT2D eigenvalue weighted by Gasteiger charge is -1.95. The van der Waals surface area contributed by atoms with Gasteiger partial charge in [-0.2, -0.15) is 4.39 Å². The molecule has 0 radical (unpaired) electrons. The first-order chi connectivity index (χ1) is 3.77. The second kappa shape index (κ2) is 4.37. The van der Waals surface area contributed by atoms with Crippen LogP contribution in [0.25, 0.3) is 0 Å². The van der Waals surface area contributed by atoms with Crippen molar-refractivity contribution in [2.45, 2.75) is 6.42 Å². The molecule has 2 heteroatoms. The van der Waals surface area contributed by atoms with Gasteiger partial charge in [-0.3, -0.25) is 0 Å². The zero-order valence-electron chi connectivity index (χ0n) is 4.69. The lowest BCUT2D eigenvalue weighted by Crippen LogP contribution is -1.86. The van der Waals surface area contributed by atoms with Gasteiger partial charge in [0, 0.05) is 0 Å².